The summed E-state index contributed by atoms with van der Waals surface area (Å²) in [6.45, 7) is 0.571. The molecule has 3 rings (SSSR count). The van der Waals surface area contributed by atoms with Crippen LogP contribution in [0.2, 0.25) is 0 Å². The Bertz CT molecular complexity index is 1050. The van der Waals surface area contributed by atoms with Crippen LogP contribution >= 0.6 is 15.9 Å². The molecule has 1 heterocycles. The minimum Gasteiger partial charge on any atom is -0.481 e. The molecular weight excluding hydrogens is 406 g/mol. The van der Waals surface area contributed by atoms with Gasteiger partial charge >= 0.3 is 5.97 Å². The minimum absolute atomic E-state index is 0.156. The van der Waals surface area contributed by atoms with Gasteiger partial charge in [0.2, 0.25) is 0 Å². The molecule has 25 heavy (non-hydrogen) atoms. The summed E-state index contributed by atoms with van der Waals surface area (Å²) in [5.41, 5.74) is 2.48. The molecule has 0 atom stereocenters. The van der Waals surface area contributed by atoms with Crippen molar-refractivity contribution in [3.05, 3.63) is 64.3 Å². The van der Waals surface area contributed by atoms with Gasteiger partial charge in [-0.1, -0.05) is 28.1 Å². The fourth-order valence-electron chi connectivity index (χ4n) is 2.80. The first kappa shape index (κ1) is 17.7. The molecule has 0 unspecified atom stereocenters. The first-order valence-electron chi connectivity index (χ1n) is 7.52. The van der Waals surface area contributed by atoms with Crippen LogP contribution in [-0.2, 0) is 27.6 Å². The van der Waals surface area contributed by atoms with Crippen molar-refractivity contribution in [3.8, 4) is 0 Å². The van der Waals surface area contributed by atoms with Crippen LogP contribution in [0, 0.1) is 0 Å². The van der Waals surface area contributed by atoms with Gasteiger partial charge in [0.1, 0.15) is 0 Å². The SMILES string of the molecule is CS(=O)(=O)c1ccc2c(c1)c(CC(=O)O)cn2Cc1ccc(Br)cc1. The molecule has 0 aliphatic carbocycles. The van der Waals surface area contributed by atoms with E-state index in [-0.39, 0.29) is 11.3 Å². The van der Waals surface area contributed by atoms with Crippen molar-refractivity contribution < 1.29 is 18.3 Å². The van der Waals surface area contributed by atoms with E-state index in [1.54, 1.807) is 24.4 Å². The molecule has 3 aromatic rings. The van der Waals surface area contributed by atoms with E-state index in [0.717, 1.165) is 21.8 Å². The third-order valence-corrected chi connectivity index (χ3v) is 5.61. The number of aromatic nitrogens is 1. The molecule has 0 saturated carbocycles. The molecule has 1 N–H and O–H groups in total. The Morgan fingerprint density at radius 3 is 2.44 bits per heavy atom. The summed E-state index contributed by atoms with van der Waals surface area (Å²) in [6.07, 6.45) is 2.77. The van der Waals surface area contributed by atoms with E-state index in [9.17, 15) is 13.2 Å². The second kappa shape index (κ2) is 6.65. The Morgan fingerprint density at radius 2 is 1.84 bits per heavy atom. The molecule has 0 saturated heterocycles. The van der Waals surface area contributed by atoms with Crippen LogP contribution in [0.15, 0.2) is 58.0 Å². The van der Waals surface area contributed by atoms with Gasteiger partial charge in [0.05, 0.1) is 11.3 Å². The maximum absolute atomic E-state index is 11.8. The van der Waals surface area contributed by atoms with Crippen LogP contribution in [-0.4, -0.2) is 30.3 Å². The van der Waals surface area contributed by atoms with Crippen LogP contribution in [0.25, 0.3) is 10.9 Å². The van der Waals surface area contributed by atoms with E-state index in [1.165, 1.54) is 0 Å². The summed E-state index contributed by atoms with van der Waals surface area (Å²) in [7, 11) is -3.36. The summed E-state index contributed by atoms with van der Waals surface area (Å²) >= 11 is 3.40. The van der Waals surface area contributed by atoms with E-state index in [1.807, 2.05) is 28.8 Å². The number of halogens is 1. The Balaban J connectivity index is 2.12. The van der Waals surface area contributed by atoms with Crippen LogP contribution < -0.4 is 0 Å². The topological polar surface area (TPSA) is 76.4 Å². The summed E-state index contributed by atoms with van der Waals surface area (Å²) in [6, 6.07) is 12.7. The zero-order chi connectivity index (χ0) is 18.2. The number of carbonyl (C=O) groups is 1. The maximum Gasteiger partial charge on any atom is 0.307 e. The maximum atomic E-state index is 11.8. The Hall–Kier alpha value is -2.12. The highest BCUT2D eigenvalue weighted by molar-refractivity contribution is 9.10. The van der Waals surface area contributed by atoms with Crippen molar-refractivity contribution in [2.75, 3.05) is 6.26 Å². The quantitative estimate of drug-likeness (QED) is 0.683. The van der Waals surface area contributed by atoms with E-state index in [2.05, 4.69) is 15.9 Å². The zero-order valence-electron chi connectivity index (χ0n) is 13.4. The van der Waals surface area contributed by atoms with E-state index < -0.39 is 15.8 Å². The highest BCUT2D eigenvalue weighted by Gasteiger charge is 2.15. The van der Waals surface area contributed by atoms with Gasteiger partial charge in [0.25, 0.3) is 0 Å². The van der Waals surface area contributed by atoms with Gasteiger partial charge in [-0.15, -0.1) is 0 Å². The average Bonchev–Trinajstić information content (AvgIpc) is 2.85. The molecule has 1 aromatic heterocycles. The highest BCUT2D eigenvalue weighted by atomic mass is 79.9. The largest absolute Gasteiger partial charge is 0.481 e. The summed E-state index contributed by atoms with van der Waals surface area (Å²) in [4.78, 5) is 11.4. The van der Waals surface area contributed by atoms with E-state index >= 15 is 0 Å². The molecular formula is C18H16BrNO4S. The van der Waals surface area contributed by atoms with Crippen molar-refractivity contribution in [2.45, 2.75) is 17.9 Å². The van der Waals surface area contributed by atoms with Gasteiger partial charge in [0, 0.05) is 34.4 Å². The number of hydrogen-bond acceptors (Lipinski definition) is 3. The van der Waals surface area contributed by atoms with Crippen molar-refractivity contribution in [1.82, 2.24) is 4.57 Å². The second-order valence-corrected chi connectivity index (χ2v) is 8.86. The molecule has 130 valence electrons. The Morgan fingerprint density at radius 1 is 1.16 bits per heavy atom. The second-order valence-electron chi connectivity index (χ2n) is 5.93. The third kappa shape index (κ3) is 3.93. The first-order chi connectivity index (χ1) is 11.7. The van der Waals surface area contributed by atoms with Gasteiger partial charge in [-0.05, 0) is 41.5 Å². The van der Waals surface area contributed by atoms with Crippen LogP contribution in [0.1, 0.15) is 11.1 Å². The molecule has 0 spiro atoms. The van der Waals surface area contributed by atoms with Gasteiger partial charge in [0.15, 0.2) is 9.84 Å². The van der Waals surface area contributed by atoms with Crippen LogP contribution in [0.4, 0.5) is 0 Å². The molecule has 0 fully saturated rings. The summed E-state index contributed by atoms with van der Waals surface area (Å²) < 4.78 is 26.6. The number of fused-ring (bicyclic) bond motifs is 1. The first-order valence-corrected chi connectivity index (χ1v) is 10.2. The molecule has 0 radical (unpaired) electrons. The molecule has 0 aliphatic rings. The lowest BCUT2D eigenvalue weighted by molar-refractivity contribution is -0.136. The van der Waals surface area contributed by atoms with E-state index in [4.69, 9.17) is 5.11 Å². The number of aliphatic carboxylic acids is 1. The van der Waals surface area contributed by atoms with Gasteiger partial charge < -0.3 is 9.67 Å². The highest BCUT2D eigenvalue weighted by Crippen LogP contribution is 2.26. The normalized spacial score (nSPS) is 11.8. The average molecular weight is 422 g/mol. The Kier molecular flexibility index (Phi) is 4.71. The van der Waals surface area contributed by atoms with Gasteiger partial charge in [-0.2, -0.15) is 0 Å². The van der Waals surface area contributed by atoms with Crippen LogP contribution in [0.3, 0.4) is 0 Å². The van der Waals surface area contributed by atoms with Crippen molar-refractivity contribution >= 4 is 42.6 Å². The fraction of sp³-hybridized carbons (Fsp3) is 0.167. The predicted octanol–water partition coefficient (Wildman–Crippen LogP) is 3.48. The van der Waals surface area contributed by atoms with E-state index in [0.29, 0.717) is 17.5 Å². The predicted molar refractivity (Wildman–Crippen MR) is 99.6 cm³/mol. The number of carboxylic acid groups (broad SMARTS) is 1. The van der Waals surface area contributed by atoms with Crippen molar-refractivity contribution in [1.29, 1.82) is 0 Å². The van der Waals surface area contributed by atoms with Crippen molar-refractivity contribution in [3.63, 3.8) is 0 Å². The zero-order valence-corrected chi connectivity index (χ0v) is 15.8. The molecule has 0 aliphatic heterocycles. The monoisotopic (exact) mass is 421 g/mol. The lowest BCUT2D eigenvalue weighted by Gasteiger charge is -2.06. The summed E-state index contributed by atoms with van der Waals surface area (Å²) in [5, 5.41) is 9.81. The van der Waals surface area contributed by atoms with Crippen molar-refractivity contribution in [2.24, 2.45) is 0 Å². The molecule has 2 aromatic carbocycles. The smallest absolute Gasteiger partial charge is 0.307 e. The molecule has 7 heteroatoms. The lowest BCUT2D eigenvalue weighted by Crippen LogP contribution is -2.00. The number of nitrogens with zero attached hydrogens (tertiary/aromatic N) is 1. The number of rotatable bonds is 5. The Labute approximate surface area is 153 Å². The standard InChI is InChI=1S/C18H16BrNO4S/c1-25(23,24)15-6-7-17-16(9-15)13(8-18(21)22)11-20(17)10-12-2-4-14(19)5-3-12/h2-7,9,11H,8,10H2,1H3,(H,21,22). The number of hydrogen-bond donors (Lipinski definition) is 1. The van der Waals surface area contributed by atoms with Crippen LogP contribution in [0.5, 0.6) is 0 Å². The summed E-state index contributed by atoms with van der Waals surface area (Å²) in [5.74, 6) is -0.951. The third-order valence-electron chi connectivity index (χ3n) is 3.97. The lowest BCUT2D eigenvalue weighted by atomic mass is 10.1. The fourth-order valence-corrected chi connectivity index (χ4v) is 3.71. The molecule has 5 nitrogen and oxygen atoms in total. The number of carboxylic acids is 1. The molecule has 0 amide bonds. The number of sulfone groups is 1. The molecule has 0 bridgehead atoms. The minimum atomic E-state index is -3.36. The number of benzene rings is 2. The van der Waals surface area contributed by atoms with Gasteiger partial charge in [-0.3, -0.25) is 4.79 Å². The van der Waals surface area contributed by atoms with Gasteiger partial charge in [-0.25, -0.2) is 8.42 Å².